The molecule has 2 heterocycles. The highest BCUT2D eigenvalue weighted by atomic mass is 32.2. The van der Waals surface area contributed by atoms with Gasteiger partial charge < -0.3 is 14.0 Å². The van der Waals surface area contributed by atoms with Crippen LogP contribution in [0.5, 0.6) is 11.5 Å². The summed E-state index contributed by atoms with van der Waals surface area (Å²) in [6.45, 7) is 0.196. The Morgan fingerprint density at radius 1 is 1.06 bits per heavy atom. The van der Waals surface area contributed by atoms with Crippen molar-refractivity contribution in [2.75, 3.05) is 27.3 Å². The Balaban J connectivity index is 1.48. The second-order valence-electron chi connectivity index (χ2n) is 7.07. The summed E-state index contributed by atoms with van der Waals surface area (Å²) in [4.78, 5) is 4.21. The minimum absolute atomic E-state index is 0.00676. The number of benzene rings is 2. The smallest absolute Gasteiger partial charge is 0.416 e. The molecule has 0 amide bonds. The largest absolute Gasteiger partial charge is 0.493 e. The van der Waals surface area contributed by atoms with Crippen molar-refractivity contribution in [2.24, 2.45) is 0 Å². The van der Waals surface area contributed by atoms with Crippen LogP contribution in [-0.4, -0.2) is 50.2 Å². The number of ether oxygens (including phenoxy) is 2. The molecule has 1 aliphatic rings. The van der Waals surface area contributed by atoms with Crippen molar-refractivity contribution in [1.29, 1.82) is 0 Å². The SMILES string of the molecule is COc1ccc(S(=O)(=O)N2CC(c3nc(-c4cccc(C(F)(F)F)c4)no3)C2)cc1OC. The predicted molar refractivity (Wildman–Crippen MR) is 106 cm³/mol. The number of alkyl halides is 3. The number of rotatable bonds is 6. The Morgan fingerprint density at radius 2 is 1.78 bits per heavy atom. The monoisotopic (exact) mass is 469 g/mol. The lowest BCUT2D eigenvalue weighted by Gasteiger charge is -2.35. The van der Waals surface area contributed by atoms with Gasteiger partial charge in [-0.25, -0.2) is 8.42 Å². The molecule has 0 unspecified atom stereocenters. The van der Waals surface area contributed by atoms with Crippen LogP contribution in [0.1, 0.15) is 17.4 Å². The first-order valence-corrected chi connectivity index (χ1v) is 10.8. The summed E-state index contributed by atoms with van der Waals surface area (Å²) in [6.07, 6.45) is -4.49. The van der Waals surface area contributed by atoms with Gasteiger partial charge in [0, 0.05) is 24.7 Å². The number of methoxy groups -OCH3 is 2. The van der Waals surface area contributed by atoms with E-state index in [-0.39, 0.29) is 46.9 Å². The van der Waals surface area contributed by atoms with Crippen molar-refractivity contribution in [3.63, 3.8) is 0 Å². The molecule has 1 aliphatic heterocycles. The minimum atomic E-state index is -4.49. The third kappa shape index (κ3) is 4.02. The Morgan fingerprint density at radius 3 is 2.44 bits per heavy atom. The molecule has 0 spiro atoms. The fraction of sp³-hybridized carbons (Fsp3) is 0.300. The average molecular weight is 469 g/mol. The number of hydrogen-bond acceptors (Lipinski definition) is 7. The molecule has 0 N–H and O–H groups in total. The van der Waals surface area contributed by atoms with Crippen LogP contribution in [0.25, 0.3) is 11.4 Å². The van der Waals surface area contributed by atoms with Gasteiger partial charge in [0.15, 0.2) is 11.5 Å². The highest BCUT2D eigenvalue weighted by Gasteiger charge is 2.41. The van der Waals surface area contributed by atoms with E-state index >= 15 is 0 Å². The summed E-state index contributed by atoms with van der Waals surface area (Å²) in [5.74, 6) is 0.495. The van der Waals surface area contributed by atoms with Crippen LogP contribution in [0, 0.1) is 0 Å². The van der Waals surface area contributed by atoms with Crippen LogP contribution in [0.4, 0.5) is 13.2 Å². The number of hydrogen-bond donors (Lipinski definition) is 0. The molecule has 0 aliphatic carbocycles. The van der Waals surface area contributed by atoms with E-state index < -0.39 is 21.8 Å². The van der Waals surface area contributed by atoms with E-state index in [1.807, 2.05) is 0 Å². The highest BCUT2D eigenvalue weighted by molar-refractivity contribution is 7.89. The molecule has 0 saturated carbocycles. The lowest BCUT2D eigenvalue weighted by atomic mass is 10.0. The number of halogens is 3. The first-order chi connectivity index (χ1) is 15.1. The second-order valence-corrected chi connectivity index (χ2v) is 9.01. The summed E-state index contributed by atoms with van der Waals surface area (Å²) in [5, 5.41) is 3.75. The molecule has 2 aromatic carbocycles. The van der Waals surface area contributed by atoms with Crippen molar-refractivity contribution in [1.82, 2.24) is 14.4 Å². The molecular weight excluding hydrogens is 451 g/mol. The Kier molecular flexibility index (Phi) is 5.59. The fourth-order valence-electron chi connectivity index (χ4n) is 3.27. The molecule has 4 rings (SSSR count). The molecule has 0 radical (unpaired) electrons. The zero-order valence-electron chi connectivity index (χ0n) is 17.0. The predicted octanol–water partition coefficient (Wildman–Crippen LogP) is 3.56. The van der Waals surface area contributed by atoms with Gasteiger partial charge in [0.1, 0.15) is 0 Å². The molecule has 1 fully saturated rings. The quantitative estimate of drug-likeness (QED) is 0.545. The summed E-state index contributed by atoms with van der Waals surface area (Å²) in [7, 11) is -0.928. The van der Waals surface area contributed by atoms with E-state index in [4.69, 9.17) is 14.0 Å². The maximum atomic E-state index is 12.9. The van der Waals surface area contributed by atoms with Crippen LogP contribution in [0.2, 0.25) is 0 Å². The zero-order chi connectivity index (χ0) is 23.1. The molecule has 12 heteroatoms. The normalized spacial score (nSPS) is 15.4. The Bertz CT molecular complexity index is 1240. The maximum absolute atomic E-state index is 12.9. The van der Waals surface area contributed by atoms with Crippen LogP contribution < -0.4 is 9.47 Å². The van der Waals surface area contributed by atoms with Crippen LogP contribution >= 0.6 is 0 Å². The standard InChI is InChI=1S/C20H18F3N3O5S/c1-29-16-7-6-15(9-17(16)30-2)32(27,28)26-10-13(11-26)19-24-18(25-31-19)12-4-3-5-14(8-12)20(21,22)23/h3-9,13H,10-11H2,1-2H3. The highest BCUT2D eigenvalue weighted by Crippen LogP contribution is 2.36. The summed E-state index contributed by atoms with van der Waals surface area (Å²) in [6, 6.07) is 8.88. The first-order valence-electron chi connectivity index (χ1n) is 9.37. The third-order valence-corrected chi connectivity index (χ3v) is 6.91. The van der Waals surface area contributed by atoms with Gasteiger partial charge in [0.05, 0.1) is 30.6 Å². The van der Waals surface area contributed by atoms with E-state index in [0.717, 1.165) is 12.1 Å². The van der Waals surface area contributed by atoms with Crippen molar-refractivity contribution in [3.05, 3.63) is 53.9 Å². The zero-order valence-corrected chi connectivity index (χ0v) is 17.8. The molecular formula is C20H18F3N3O5S. The van der Waals surface area contributed by atoms with Crippen LogP contribution in [0.3, 0.4) is 0 Å². The maximum Gasteiger partial charge on any atom is 0.416 e. The molecule has 1 saturated heterocycles. The Labute approximate surface area is 181 Å². The average Bonchev–Trinajstić information content (AvgIpc) is 3.21. The number of aromatic nitrogens is 2. The third-order valence-electron chi connectivity index (χ3n) is 5.08. The van der Waals surface area contributed by atoms with E-state index in [9.17, 15) is 21.6 Å². The van der Waals surface area contributed by atoms with Crippen molar-refractivity contribution in [3.8, 4) is 22.9 Å². The van der Waals surface area contributed by atoms with E-state index in [2.05, 4.69) is 10.1 Å². The Hall–Kier alpha value is -3.12. The van der Waals surface area contributed by atoms with Crippen molar-refractivity contribution in [2.45, 2.75) is 17.0 Å². The second kappa shape index (κ2) is 8.10. The summed E-state index contributed by atoms with van der Waals surface area (Å²) in [5.41, 5.74) is -0.666. The van der Waals surface area contributed by atoms with Crippen molar-refractivity contribution < 1.29 is 35.6 Å². The number of sulfonamides is 1. The van der Waals surface area contributed by atoms with E-state index in [0.29, 0.717) is 5.75 Å². The van der Waals surface area contributed by atoms with E-state index in [1.54, 1.807) is 0 Å². The van der Waals surface area contributed by atoms with Crippen LogP contribution in [-0.2, 0) is 16.2 Å². The molecule has 32 heavy (non-hydrogen) atoms. The molecule has 0 bridgehead atoms. The molecule has 8 nitrogen and oxygen atoms in total. The topological polar surface area (TPSA) is 94.8 Å². The van der Waals surface area contributed by atoms with Gasteiger partial charge in [-0.05, 0) is 24.3 Å². The van der Waals surface area contributed by atoms with Gasteiger partial charge in [-0.3, -0.25) is 0 Å². The number of nitrogens with zero attached hydrogens (tertiary/aromatic N) is 3. The van der Waals surface area contributed by atoms with Crippen LogP contribution in [0.15, 0.2) is 51.9 Å². The molecule has 3 aromatic rings. The molecule has 170 valence electrons. The molecule has 1 aromatic heterocycles. The van der Waals surface area contributed by atoms with Gasteiger partial charge in [-0.1, -0.05) is 17.3 Å². The first kappa shape index (κ1) is 22.1. The van der Waals surface area contributed by atoms with Gasteiger partial charge in [0.2, 0.25) is 21.7 Å². The summed E-state index contributed by atoms with van der Waals surface area (Å²) < 4.78 is 81.2. The lowest BCUT2D eigenvalue weighted by Crippen LogP contribution is -2.48. The lowest BCUT2D eigenvalue weighted by molar-refractivity contribution is -0.137. The van der Waals surface area contributed by atoms with Gasteiger partial charge in [-0.2, -0.15) is 22.5 Å². The minimum Gasteiger partial charge on any atom is -0.493 e. The summed E-state index contributed by atoms with van der Waals surface area (Å²) >= 11 is 0. The van der Waals surface area contributed by atoms with Gasteiger partial charge >= 0.3 is 6.18 Å². The van der Waals surface area contributed by atoms with E-state index in [1.165, 1.54) is 48.9 Å². The van der Waals surface area contributed by atoms with Crippen molar-refractivity contribution >= 4 is 10.0 Å². The van der Waals surface area contributed by atoms with Gasteiger partial charge in [-0.15, -0.1) is 0 Å². The molecule has 0 atom stereocenters. The fourth-order valence-corrected chi connectivity index (χ4v) is 4.82. The van der Waals surface area contributed by atoms with Gasteiger partial charge in [0.25, 0.3) is 0 Å².